The lowest BCUT2D eigenvalue weighted by molar-refractivity contribution is 0.410. The van der Waals surface area contributed by atoms with Crippen molar-refractivity contribution in [3.8, 4) is 11.5 Å². The molecule has 2 aromatic rings. The zero-order chi connectivity index (χ0) is 12.8. The summed E-state index contributed by atoms with van der Waals surface area (Å²) in [7, 11) is 1.63. The fourth-order valence-electron chi connectivity index (χ4n) is 1.72. The highest BCUT2D eigenvalue weighted by Crippen LogP contribution is 2.22. The normalized spacial score (nSPS) is 10.5. The van der Waals surface area contributed by atoms with E-state index >= 15 is 0 Å². The Morgan fingerprint density at radius 1 is 1.33 bits per heavy atom. The Labute approximate surface area is 111 Å². The molecular formula is C14H17NO2S. The third kappa shape index (κ3) is 3.48. The van der Waals surface area contributed by atoms with Crippen LogP contribution in [0.3, 0.4) is 0 Å². The lowest BCUT2D eigenvalue weighted by Gasteiger charge is -2.08. The Morgan fingerprint density at radius 2 is 2.22 bits per heavy atom. The van der Waals surface area contributed by atoms with Crippen molar-refractivity contribution in [1.82, 2.24) is 5.32 Å². The quantitative estimate of drug-likeness (QED) is 0.787. The number of ether oxygens (including phenoxy) is 1. The van der Waals surface area contributed by atoms with Crippen LogP contribution in [0.25, 0.3) is 0 Å². The van der Waals surface area contributed by atoms with E-state index in [1.54, 1.807) is 30.6 Å². The number of aromatic hydroxyl groups is 1. The number of hydrogen-bond donors (Lipinski definition) is 2. The van der Waals surface area contributed by atoms with E-state index in [9.17, 15) is 5.11 Å². The highest BCUT2D eigenvalue weighted by molar-refractivity contribution is 7.07. The van der Waals surface area contributed by atoms with Crippen LogP contribution in [0.1, 0.15) is 11.1 Å². The van der Waals surface area contributed by atoms with Crippen molar-refractivity contribution in [2.24, 2.45) is 0 Å². The van der Waals surface area contributed by atoms with Gasteiger partial charge in [-0.15, -0.1) is 0 Å². The van der Waals surface area contributed by atoms with E-state index in [4.69, 9.17) is 4.74 Å². The lowest BCUT2D eigenvalue weighted by Crippen LogP contribution is -2.16. The molecule has 18 heavy (non-hydrogen) atoms. The maximum atomic E-state index is 9.72. The van der Waals surface area contributed by atoms with Crippen LogP contribution in [0, 0.1) is 0 Å². The van der Waals surface area contributed by atoms with Gasteiger partial charge < -0.3 is 15.2 Å². The van der Waals surface area contributed by atoms with Crippen LogP contribution in [0.15, 0.2) is 35.0 Å². The van der Waals surface area contributed by atoms with Crippen molar-refractivity contribution in [1.29, 1.82) is 0 Å². The Hall–Kier alpha value is -1.52. The molecule has 0 amide bonds. The molecule has 2 N–H and O–H groups in total. The van der Waals surface area contributed by atoms with Gasteiger partial charge in [0.1, 0.15) is 11.5 Å². The third-order valence-corrected chi connectivity index (χ3v) is 3.50. The highest BCUT2D eigenvalue weighted by Gasteiger charge is 2.02. The van der Waals surface area contributed by atoms with E-state index < -0.39 is 0 Å². The fourth-order valence-corrected chi connectivity index (χ4v) is 2.42. The second kappa shape index (κ2) is 6.42. The van der Waals surface area contributed by atoms with E-state index in [-0.39, 0.29) is 0 Å². The number of hydrogen-bond acceptors (Lipinski definition) is 4. The highest BCUT2D eigenvalue weighted by atomic mass is 32.1. The van der Waals surface area contributed by atoms with Crippen LogP contribution in [0.5, 0.6) is 11.5 Å². The molecule has 96 valence electrons. The molecule has 0 unspecified atom stereocenters. The van der Waals surface area contributed by atoms with Gasteiger partial charge in [0, 0.05) is 12.1 Å². The van der Waals surface area contributed by atoms with Crippen LogP contribution in [-0.2, 0) is 13.0 Å². The van der Waals surface area contributed by atoms with Gasteiger partial charge in [0.05, 0.1) is 7.11 Å². The summed E-state index contributed by atoms with van der Waals surface area (Å²) in [6.07, 6.45) is 1.01. The molecule has 0 bridgehead atoms. The van der Waals surface area contributed by atoms with Crippen molar-refractivity contribution in [2.45, 2.75) is 13.0 Å². The summed E-state index contributed by atoms with van der Waals surface area (Å²) in [6.45, 7) is 1.54. The first-order valence-corrected chi connectivity index (χ1v) is 6.81. The van der Waals surface area contributed by atoms with Crippen LogP contribution in [0.2, 0.25) is 0 Å². The standard InChI is InChI=1S/C14H17NO2S/c1-17-13-2-3-14(16)12(8-13)9-15-6-4-11-5-7-18-10-11/h2-3,5,7-8,10,15-16H,4,6,9H2,1H3. The Kier molecular flexibility index (Phi) is 4.61. The summed E-state index contributed by atoms with van der Waals surface area (Å²) in [6, 6.07) is 7.40. The number of benzene rings is 1. The molecule has 0 aliphatic heterocycles. The van der Waals surface area contributed by atoms with Crippen LogP contribution in [-0.4, -0.2) is 18.8 Å². The van der Waals surface area contributed by atoms with Crippen LogP contribution in [0.4, 0.5) is 0 Å². The van der Waals surface area contributed by atoms with Gasteiger partial charge >= 0.3 is 0 Å². The van der Waals surface area contributed by atoms with Gasteiger partial charge in [0.2, 0.25) is 0 Å². The minimum absolute atomic E-state index is 0.304. The number of nitrogens with one attached hydrogen (secondary N) is 1. The van der Waals surface area contributed by atoms with Crippen LogP contribution < -0.4 is 10.1 Å². The van der Waals surface area contributed by atoms with E-state index in [0.717, 1.165) is 24.3 Å². The molecule has 3 nitrogen and oxygen atoms in total. The maximum Gasteiger partial charge on any atom is 0.120 e. The van der Waals surface area contributed by atoms with E-state index in [1.807, 2.05) is 6.07 Å². The Morgan fingerprint density at radius 3 is 2.94 bits per heavy atom. The number of rotatable bonds is 6. The second-order valence-corrected chi connectivity index (χ2v) is 4.83. The van der Waals surface area contributed by atoms with E-state index in [0.29, 0.717) is 12.3 Å². The molecule has 2 rings (SSSR count). The monoisotopic (exact) mass is 263 g/mol. The summed E-state index contributed by atoms with van der Waals surface area (Å²) in [5.41, 5.74) is 2.21. The minimum atomic E-state index is 0.304. The predicted molar refractivity (Wildman–Crippen MR) is 74.4 cm³/mol. The summed E-state index contributed by atoms with van der Waals surface area (Å²) in [5, 5.41) is 17.3. The molecule has 0 saturated carbocycles. The van der Waals surface area contributed by atoms with Gasteiger partial charge in [-0.3, -0.25) is 0 Å². The summed E-state index contributed by atoms with van der Waals surface area (Å²) in [4.78, 5) is 0. The molecule has 4 heteroatoms. The lowest BCUT2D eigenvalue weighted by atomic mass is 10.2. The van der Waals surface area contributed by atoms with Crippen molar-refractivity contribution >= 4 is 11.3 Å². The molecule has 1 heterocycles. The molecule has 1 aromatic carbocycles. The molecule has 0 saturated heterocycles. The zero-order valence-corrected chi connectivity index (χ0v) is 11.2. The van der Waals surface area contributed by atoms with Gasteiger partial charge in [-0.1, -0.05) is 0 Å². The van der Waals surface area contributed by atoms with Gasteiger partial charge in [-0.25, -0.2) is 0 Å². The average molecular weight is 263 g/mol. The summed E-state index contributed by atoms with van der Waals surface area (Å²) >= 11 is 1.72. The van der Waals surface area contributed by atoms with Gasteiger partial charge in [0.25, 0.3) is 0 Å². The average Bonchev–Trinajstić information content (AvgIpc) is 2.89. The molecule has 0 aliphatic rings. The summed E-state index contributed by atoms with van der Waals surface area (Å²) < 4.78 is 5.14. The van der Waals surface area contributed by atoms with Crippen LogP contribution >= 0.6 is 11.3 Å². The van der Waals surface area contributed by atoms with Crippen molar-refractivity contribution in [2.75, 3.05) is 13.7 Å². The third-order valence-electron chi connectivity index (χ3n) is 2.77. The topological polar surface area (TPSA) is 41.5 Å². The fraction of sp³-hybridized carbons (Fsp3) is 0.286. The molecule has 0 fully saturated rings. The van der Waals surface area contributed by atoms with E-state index in [1.165, 1.54) is 5.56 Å². The van der Waals surface area contributed by atoms with Crippen molar-refractivity contribution in [3.63, 3.8) is 0 Å². The largest absolute Gasteiger partial charge is 0.508 e. The van der Waals surface area contributed by atoms with E-state index in [2.05, 4.69) is 22.1 Å². The van der Waals surface area contributed by atoms with Crippen molar-refractivity contribution < 1.29 is 9.84 Å². The molecule has 0 atom stereocenters. The van der Waals surface area contributed by atoms with Gasteiger partial charge in [-0.2, -0.15) is 11.3 Å². The Bertz CT molecular complexity index is 483. The number of methoxy groups -OCH3 is 1. The second-order valence-electron chi connectivity index (χ2n) is 4.05. The van der Waals surface area contributed by atoms with Gasteiger partial charge in [0.15, 0.2) is 0 Å². The smallest absolute Gasteiger partial charge is 0.120 e. The SMILES string of the molecule is COc1ccc(O)c(CNCCc2ccsc2)c1. The summed E-state index contributed by atoms with van der Waals surface area (Å²) in [5.74, 6) is 1.07. The molecule has 0 radical (unpaired) electrons. The molecule has 0 aliphatic carbocycles. The molecule has 0 spiro atoms. The van der Waals surface area contributed by atoms with Gasteiger partial charge in [-0.05, 0) is 53.6 Å². The van der Waals surface area contributed by atoms with Crippen molar-refractivity contribution in [3.05, 3.63) is 46.2 Å². The number of phenols is 1. The number of thiophene rings is 1. The first-order chi connectivity index (χ1) is 8.79. The maximum absolute atomic E-state index is 9.72. The number of phenolic OH excluding ortho intramolecular Hbond substituents is 1. The molecular weight excluding hydrogens is 246 g/mol. The Balaban J connectivity index is 1.82. The predicted octanol–water partition coefficient (Wildman–Crippen LogP) is 2.79. The first-order valence-electron chi connectivity index (χ1n) is 5.87. The zero-order valence-electron chi connectivity index (χ0n) is 10.3. The minimum Gasteiger partial charge on any atom is -0.508 e. The first kappa shape index (κ1) is 12.9. The molecule has 1 aromatic heterocycles.